The first-order chi connectivity index (χ1) is 7.43. The van der Waals surface area contributed by atoms with Crippen LogP contribution in [0.5, 0.6) is 0 Å². The number of benzene rings is 1. The molecule has 0 saturated carbocycles. The first-order valence-electron chi connectivity index (χ1n) is 5.08. The van der Waals surface area contributed by atoms with E-state index in [1.54, 1.807) is 24.7 Å². The SMILES string of the molecule is Cn1ncc2cc(C(C)(C)C(=O)O)ccc21. The summed E-state index contributed by atoms with van der Waals surface area (Å²) in [4.78, 5) is 11.1. The number of carbonyl (C=O) groups is 1. The average molecular weight is 218 g/mol. The van der Waals surface area contributed by atoms with Crippen LogP contribution in [0.3, 0.4) is 0 Å². The zero-order chi connectivity index (χ0) is 11.9. The van der Waals surface area contributed by atoms with E-state index < -0.39 is 11.4 Å². The molecule has 0 aliphatic carbocycles. The Labute approximate surface area is 93.5 Å². The van der Waals surface area contributed by atoms with Crippen LogP contribution in [-0.2, 0) is 17.3 Å². The third-order valence-corrected chi connectivity index (χ3v) is 3.00. The van der Waals surface area contributed by atoms with Crippen molar-refractivity contribution >= 4 is 16.9 Å². The summed E-state index contributed by atoms with van der Waals surface area (Å²) in [5.41, 5.74) is 0.926. The van der Waals surface area contributed by atoms with Crippen LogP contribution >= 0.6 is 0 Å². The fourth-order valence-corrected chi connectivity index (χ4v) is 1.68. The van der Waals surface area contributed by atoms with Crippen molar-refractivity contribution in [2.24, 2.45) is 7.05 Å². The molecule has 0 radical (unpaired) electrons. The maximum Gasteiger partial charge on any atom is 0.313 e. The van der Waals surface area contributed by atoms with Gasteiger partial charge in [-0.15, -0.1) is 0 Å². The van der Waals surface area contributed by atoms with Gasteiger partial charge in [0.2, 0.25) is 0 Å². The number of aliphatic carboxylic acids is 1. The molecule has 0 aliphatic rings. The van der Waals surface area contributed by atoms with E-state index in [0.717, 1.165) is 16.5 Å². The summed E-state index contributed by atoms with van der Waals surface area (Å²) in [7, 11) is 1.87. The second kappa shape index (κ2) is 3.33. The van der Waals surface area contributed by atoms with Crippen LogP contribution in [0, 0.1) is 0 Å². The Hall–Kier alpha value is -1.84. The number of aromatic nitrogens is 2. The molecule has 1 N–H and O–H groups in total. The summed E-state index contributed by atoms with van der Waals surface area (Å²) in [6.45, 7) is 3.40. The van der Waals surface area contributed by atoms with Gasteiger partial charge in [0.05, 0.1) is 17.1 Å². The fraction of sp³-hybridized carbons (Fsp3) is 0.333. The molecule has 0 saturated heterocycles. The molecular formula is C12H14N2O2. The smallest absolute Gasteiger partial charge is 0.313 e. The van der Waals surface area contributed by atoms with Crippen molar-refractivity contribution in [3.8, 4) is 0 Å². The number of carboxylic acid groups (broad SMARTS) is 1. The lowest BCUT2D eigenvalue weighted by Gasteiger charge is -2.19. The Morgan fingerprint density at radius 3 is 2.75 bits per heavy atom. The summed E-state index contributed by atoms with van der Waals surface area (Å²) in [5.74, 6) is -0.823. The number of hydrogen-bond donors (Lipinski definition) is 1. The minimum absolute atomic E-state index is 0.792. The topological polar surface area (TPSA) is 55.1 Å². The molecule has 1 aromatic carbocycles. The van der Waals surface area contributed by atoms with Gasteiger partial charge in [0.25, 0.3) is 0 Å². The van der Waals surface area contributed by atoms with Gasteiger partial charge >= 0.3 is 5.97 Å². The molecule has 1 heterocycles. The van der Waals surface area contributed by atoms with Crippen molar-refractivity contribution < 1.29 is 9.90 Å². The summed E-state index contributed by atoms with van der Waals surface area (Å²) in [6, 6.07) is 5.64. The van der Waals surface area contributed by atoms with Crippen LogP contribution in [-0.4, -0.2) is 20.9 Å². The van der Waals surface area contributed by atoms with Gasteiger partial charge in [0.15, 0.2) is 0 Å². The van der Waals surface area contributed by atoms with Crippen molar-refractivity contribution in [3.05, 3.63) is 30.0 Å². The van der Waals surface area contributed by atoms with Gasteiger partial charge in [0, 0.05) is 12.4 Å². The summed E-state index contributed by atoms with van der Waals surface area (Å²) in [6.07, 6.45) is 1.75. The van der Waals surface area contributed by atoms with Gasteiger partial charge in [-0.3, -0.25) is 9.48 Å². The molecule has 84 valence electrons. The molecular weight excluding hydrogens is 204 g/mol. The number of hydrogen-bond acceptors (Lipinski definition) is 2. The van der Waals surface area contributed by atoms with Crippen molar-refractivity contribution in [1.29, 1.82) is 0 Å². The molecule has 2 aromatic rings. The van der Waals surface area contributed by atoms with E-state index in [-0.39, 0.29) is 0 Å². The summed E-state index contributed by atoms with van der Waals surface area (Å²) >= 11 is 0. The van der Waals surface area contributed by atoms with E-state index in [0.29, 0.717) is 0 Å². The Bertz CT molecular complexity index is 555. The highest BCUT2D eigenvalue weighted by atomic mass is 16.4. The normalized spacial score (nSPS) is 11.9. The first-order valence-corrected chi connectivity index (χ1v) is 5.08. The van der Waals surface area contributed by atoms with E-state index in [9.17, 15) is 4.79 Å². The van der Waals surface area contributed by atoms with Crippen LogP contribution in [0.15, 0.2) is 24.4 Å². The quantitative estimate of drug-likeness (QED) is 0.838. The molecule has 0 bridgehead atoms. The molecule has 0 atom stereocenters. The van der Waals surface area contributed by atoms with Crippen LogP contribution < -0.4 is 0 Å². The Morgan fingerprint density at radius 2 is 2.12 bits per heavy atom. The van der Waals surface area contributed by atoms with Crippen molar-refractivity contribution in [2.45, 2.75) is 19.3 Å². The highest BCUT2D eigenvalue weighted by Gasteiger charge is 2.29. The van der Waals surface area contributed by atoms with Crippen molar-refractivity contribution in [3.63, 3.8) is 0 Å². The summed E-state index contributed by atoms with van der Waals surface area (Å²) in [5, 5.41) is 14.3. The third-order valence-electron chi connectivity index (χ3n) is 3.00. The lowest BCUT2D eigenvalue weighted by Crippen LogP contribution is -2.28. The number of fused-ring (bicyclic) bond motifs is 1. The molecule has 0 spiro atoms. The molecule has 4 heteroatoms. The highest BCUT2D eigenvalue weighted by molar-refractivity contribution is 5.85. The van der Waals surface area contributed by atoms with Gasteiger partial charge in [-0.05, 0) is 31.5 Å². The Balaban J connectivity index is 2.59. The molecule has 1 aromatic heterocycles. The second-order valence-electron chi connectivity index (χ2n) is 4.47. The molecule has 0 aliphatic heterocycles. The first kappa shape index (κ1) is 10.7. The highest BCUT2D eigenvalue weighted by Crippen LogP contribution is 2.26. The van der Waals surface area contributed by atoms with Crippen LogP contribution in [0.4, 0.5) is 0 Å². The van der Waals surface area contributed by atoms with Crippen molar-refractivity contribution in [1.82, 2.24) is 9.78 Å². The van der Waals surface area contributed by atoms with Gasteiger partial charge < -0.3 is 5.11 Å². The van der Waals surface area contributed by atoms with Crippen LogP contribution in [0.25, 0.3) is 10.9 Å². The molecule has 4 nitrogen and oxygen atoms in total. The van der Waals surface area contributed by atoms with Gasteiger partial charge in [0.1, 0.15) is 0 Å². The zero-order valence-electron chi connectivity index (χ0n) is 9.56. The molecule has 0 unspecified atom stereocenters. The van der Waals surface area contributed by atoms with Gasteiger partial charge in [-0.2, -0.15) is 5.10 Å². The van der Waals surface area contributed by atoms with Crippen LogP contribution in [0.1, 0.15) is 19.4 Å². The van der Waals surface area contributed by atoms with Crippen LogP contribution in [0.2, 0.25) is 0 Å². The third kappa shape index (κ3) is 1.46. The average Bonchev–Trinajstić information content (AvgIpc) is 2.60. The summed E-state index contributed by atoms with van der Waals surface area (Å²) < 4.78 is 1.77. The largest absolute Gasteiger partial charge is 0.481 e. The Morgan fingerprint density at radius 1 is 1.44 bits per heavy atom. The second-order valence-corrected chi connectivity index (χ2v) is 4.47. The monoisotopic (exact) mass is 218 g/mol. The van der Waals surface area contributed by atoms with E-state index in [2.05, 4.69) is 5.10 Å². The maximum atomic E-state index is 11.1. The number of nitrogens with zero attached hydrogens (tertiary/aromatic N) is 2. The lowest BCUT2D eigenvalue weighted by molar-refractivity contribution is -0.142. The molecule has 16 heavy (non-hydrogen) atoms. The number of rotatable bonds is 2. The van der Waals surface area contributed by atoms with Crippen molar-refractivity contribution in [2.75, 3.05) is 0 Å². The van der Waals surface area contributed by atoms with E-state index in [1.807, 2.05) is 25.2 Å². The minimum Gasteiger partial charge on any atom is -0.481 e. The minimum atomic E-state index is -0.871. The lowest BCUT2D eigenvalue weighted by atomic mass is 9.84. The van der Waals surface area contributed by atoms with Gasteiger partial charge in [-0.1, -0.05) is 6.07 Å². The standard InChI is InChI=1S/C12H14N2O2/c1-12(2,11(15)16)9-4-5-10-8(6-9)7-13-14(10)3/h4-7H,1-3H3,(H,15,16). The zero-order valence-corrected chi connectivity index (χ0v) is 9.56. The van der Waals surface area contributed by atoms with E-state index in [4.69, 9.17) is 5.11 Å². The fourth-order valence-electron chi connectivity index (χ4n) is 1.68. The predicted molar refractivity (Wildman–Crippen MR) is 61.4 cm³/mol. The van der Waals surface area contributed by atoms with E-state index in [1.165, 1.54) is 0 Å². The van der Waals surface area contributed by atoms with Gasteiger partial charge in [-0.25, -0.2) is 0 Å². The van der Waals surface area contributed by atoms with E-state index >= 15 is 0 Å². The Kier molecular flexibility index (Phi) is 2.22. The molecule has 0 fully saturated rings. The maximum absolute atomic E-state index is 11.1. The molecule has 0 amide bonds. The number of carboxylic acids is 1. The number of aryl methyl sites for hydroxylation is 1. The molecule has 2 rings (SSSR count). The predicted octanol–water partition coefficient (Wildman–Crippen LogP) is 1.94.